The number of fused-ring (bicyclic) bond motifs is 5. The predicted molar refractivity (Wildman–Crippen MR) is 239 cm³/mol. The summed E-state index contributed by atoms with van der Waals surface area (Å²) in [4.78, 5) is 81.3. The number of likely N-dealkylation sites (tertiary alicyclic amines) is 1. The Morgan fingerprint density at radius 2 is 1.83 bits per heavy atom. The smallest absolute Gasteiger partial charge is 0.409 e. The summed E-state index contributed by atoms with van der Waals surface area (Å²) >= 11 is 8.18. The Morgan fingerprint density at radius 1 is 1.09 bits per heavy atom. The first-order valence-electron chi connectivity index (χ1n) is 22.1. The van der Waals surface area contributed by atoms with E-state index in [1.165, 1.54) is 28.7 Å². The number of rotatable bonds is 12. The van der Waals surface area contributed by atoms with Gasteiger partial charge in [0.05, 0.1) is 28.5 Å². The highest BCUT2D eigenvalue weighted by Crippen LogP contribution is 2.49. The number of halogens is 1. The lowest BCUT2D eigenvalue weighted by molar-refractivity contribution is -0.159. The van der Waals surface area contributed by atoms with Gasteiger partial charge in [-0.2, -0.15) is 0 Å². The molecule has 64 heavy (non-hydrogen) atoms. The fourth-order valence-corrected chi connectivity index (χ4v) is 10.8. The molecule has 0 aromatic heterocycles. The van der Waals surface area contributed by atoms with E-state index in [2.05, 4.69) is 10.6 Å². The Bertz CT molecular complexity index is 2010. The molecular weight excluding hydrogens is 868 g/mol. The standard InChI is InChI=1S/C46H63ClN4O12S/c1-26-10-8-11-35(59-7)46(58)23-33(61-44(57)49-46)28(3)41-45(4,63-41)36(22-37(52)50(6)32-20-30(18-26)19-27(2)40(32)47)62-39(54)25-60-16-9-17-64-34-21-38(53)51(43(34)56)24-29-12-14-31(15-13-29)42(55)48-5/h8,10-11,19-20,28-29,31,33-36,41,58H,9,12-18,21-25H2,1-7H3,(H,48,55)(H,49,57)/b11-8+,26-10+/t28-,29?,31?,33+,34?,35-,36+,41+,45+,46+/m1/s1. The maximum absolute atomic E-state index is 14.1. The number of epoxide rings is 1. The van der Waals surface area contributed by atoms with Crippen LogP contribution in [0.2, 0.25) is 5.02 Å². The van der Waals surface area contributed by atoms with Crippen molar-refractivity contribution >= 4 is 64.7 Å². The van der Waals surface area contributed by atoms with E-state index in [1.54, 1.807) is 33.2 Å². The molecule has 1 aliphatic carbocycles. The van der Waals surface area contributed by atoms with E-state index in [-0.39, 0.29) is 61.3 Å². The second kappa shape index (κ2) is 21.1. The zero-order valence-corrected chi connectivity index (χ0v) is 39.4. The second-order valence-electron chi connectivity index (χ2n) is 18.0. The minimum absolute atomic E-state index is 0.0200. The number of ether oxygens (including phenoxy) is 5. The molecule has 1 aromatic carbocycles. The molecule has 8 atom stereocenters. The van der Waals surface area contributed by atoms with E-state index in [0.717, 1.165) is 42.4 Å². The van der Waals surface area contributed by atoms with Crippen molar-refractivity contribution in [3.63, 3.8) is 0 Å². The number of nitrogens with one attached hydrogen (secondary N) is 2. The molecule has 6 rings (SSSR count). The van der Waals surface area contributed by atoms with E-state index in [4.69, 9.17) is 35.3 Å². The number of aryl methyl sites for hydroxylation is 1. The molecule has 1 aromatic rings. The fourth-order valence-electron chi connectivity index (χ4n) is 9.42. The van der Waals surface area contributed by atoms with Crippen molar-refractivity contribution < 1.29 is 57.6 Å². The average molecular weight is 932 g/mol. The predicted octanol–water partition coefficient (Wildman–Crippen LogP) is 4.79. The number of imide groups is 1. The van der Waals surface area contributed by atoms with Gasteiger partial charge < -0.3 is 39.0 Å². The number of anilines is 1. The number of methoxy groups -OCH3 is 1. The lowest BCUT2D eigenvalue weighted by Crippen LogP contribution is -2.63. The molecule has 4 heterocycles. The summed E-state index contributed by atoms with van der Waals surface area (Å²) in [5, 5.41) is 16.9. The zero-order valence-electron chi connectivity index (χ0n) is 37.8. The highest BCUT2D eigenvalue weighted by atomic mass is 35.5. The summed E-state index contributed by atoms with van der Waals surface area (Å²) in [5.74, 6) is -1.26. The second-order valence-corrected chi connectivity index (χ2v) is 19.7. The number of hydrogen-bond acceptors (Lipinski definition) is 13. The number of aliphatic hydroxyl groups is 1. The normalized spacial score (nSPS) is 33.7. The number of amides is 5. The molecule has 4 bridgehead atoms. The van der Waals surface area contributed by atoms with Crippen LogP contribution in [-0.2, 0) is 54.1 Å². The Morgan fingerprint density at radius 3 is 2.53 bits per heavy atom. The van der Waals surface area contributed by atoms with Crippen LogP contribution >= 0.6 is 23.4 Å². The number of nitrogens with zero attached hydrogens (tertiary/aromatic N) is 2. The van der Waals surface area contributed by atoms with Crippen molar-refractivity contribution in [1.29, 1.82) is 0 Å². The van der Waals surface area contributed by atoms with Crippen LogP contribution in [0, 0.1) is 24.7 Å². The largest absolute Gasteiger partial charge is 0.457 e. The molecule has 16 nitrogen and oxygen atoms in total. The minimum Gasteiger partial charge on any atom is -0.457 e. The fraction of sp³-hybridized carbons (Fsp3) is 0.652. The number of carbonyl (C=O) groups excluding carboxylic acids is 6. The van der Waals surface area contributed by atoms with Crippen molar-refractivity contribution in [1.82, 2.24) is 15.5 Å². The molecule has 1 saturated carbocycles. The maximum Gasteiger partial charge on any atom is 0.409 e. The molecular formula is C46H63ClN4O12S. The first-order chi connectivity index (χ1) is 30.4. The van der Waals surface area contributed by atoms with Crippen LogP contribution in [0.25, 0.3) is 0 Å². The Labute approximate surface area is 384 Å². The van der Waals surface area contributed by atoms with Crippen LogP contribution in [0.4, 0.5) is 10.5 Å². The highest BCUT2D eigenvalue weighted by Gasteiger charge is 2.64. The molecule has 1 unspecified atom stereocenters. The van der Waals surface area contributed by atoms with Crippen LogP contribution in [0.1, 0.15) is 83.3 Å². The van der Waals surface area contributed by atoms with E-state index >= 15 is 0 Å². The molecule has 5 aliphatic rings. The number of hydrogen-bond donors (Lipinski definition) is 3. The van der Waals surface area contributed by atoms with Crippen LogP contribution in [0.3, 0.4) is 0 Å². The van der Waals surface area contributed by atoms with Crippen molar-refractivity contribution in [2.75, 3.05) is 51.6 Å². The van der Waals surface area contributed by atoms with Gasteiger partial charge in [0.2, 0.25) is 23.6 Å². The number of esters is 1. The first kappa shape index (κ1) is 49.4. The molecule has 18 heteroatoms. The summed E-state index contributed by atoms with van der Waals surface area (Å²) in [6, 6.07) is 3.81. The van der Waals surface area contributed by atoms with Crippen molar-refractivity contribution in [3.05, 3.63) is 52.1 Å². The summed E-state index contributed by atoms with van der Waals surface area (Å²) in [5.41, 5.74) is 0.133. The summed E-state index contributed by atoms with van der Waals surface area (Å²) in [6.07, 6.45) is 4.90. The maximum atomic E-state index is 14.1. The van der Waals surface area contributed by atoms with Crippen molar-refractivity contribution in [3.8, 4) is 0 Å². The zero-order chi connectivity index (χ0) is 46.5. The monoisotopic (exact) mass is 930 g/mol. The number of carbonyl (C=O) groups is 6. The SMILES string of the molecule is CNC(=O)C1CCC(CN2C(=O)CC(SCCCOCC(=O)O[C@H]3CC(=O)N(C)c4cc(cc(C)c4Cl)C/C(C)=C/C=C/[C@@H](OC)[C@@]4(O)C[C@H](OC(=O)N4)[C@@H](C)[C@@H]4O[C@@]34C)C2=O)CC1. The third kappa shape index (κ3) is 11.5. The molecule has 5 amide bonds. The molecule has 0 radical (unpaired) electrons. The van der Waals surface area contributed by atoms with Gasteiger partial charge in [-0.15, -0.1) is 11.8 Å². The summed E-state index contributed by atoms with van der Waals surface area (Å²) < 4.78 is 29.3. The Balaban J connectivity index is 1.08. The van der Waals surface area contributed by atoms with Gasteiger partial charge in [-0.05, 0) is 88.2 Å². The number of benzene rings is 1. The van der Waals surface area contributed by atoms with Gasteiger partial charge in [-0.3, -0.25) is 29.4 Å². The molecule has 3 saturated heterocycles. The van der Waals surface area contributed by atoms with Gasteiger partial charge in [0.25, 0.3) is 0 Å². The quantitative estimate of drug-likeness (QED) is 0.112. The molecule has 352 valence electrons. The van der Waals surface area contributed by atoms with E-state index in [9.17, 15) is 33.9 Å². The topological polar surface area (TPSA) is 203 Å². The summed E-state index contributed by atoms with van der Waals surface area (Å²) in [7, 11) is 4.69. The molecule has 4 aliphatic heterocycles. The van der Waals surface area contributed by atoms with Gasteiger partial charge in [-0.1, -0.05) is 48.4 Å². The van der Waals surface area contributed by atoms with E-state index in [0.29, 0.717) is 35.8 Å². The summed E-state index contributed by atoms with van der Waals surface area (Å²) in [6.45, 7) is 7.50. The van der Waals surface area contributed by atoms with Crippen LogP contribution in [-0.4, -0.2) is 133 Å². The molecule has 0 spiro atoms. The van der Waals surface area contributed by atoms with Crippen LogP contribution in [0.5, 0.6) is 0 Å². The van der Waals surface area contributed by atoms with Gasteiger partial charge in [-0.25, -0.2) is 9.59 Å². The number of alkyl carbamates (subject to hydrolysis) is 1. The number of allylic oxidation sites excluding steroid dienone is 3. The lowest BCUT2D eigenvalue weighted by atomic mass is 9.81. The molecule has 3 N–H and O–H groups in total. The minimum atomic E-state index is -1.82. The van der Waals surface area contributed by atoms with Gasteiger partial charge in [0.15, 0.2) is 5.72 Å². The van der Waals surface area contributed by atoms with Crippen LogP contribution < -0.4 is 15.5 Å². The highest BCUT2D eigenvalue weighted by molar-refractivity contribution is 8.00. The van der Waals surface area contributed by atoms with Crippen LogP contribution in [0.15, 0.2) is 35.9 Å². The Hall–Kier alpha value is -4.00. The number of thioether (sulfide) groups is 1. The van der Waals surface area contributed by atoms with E-state index in [1.807, 2.05) is 39.0 Å². The first-order valence-corrected chi connectivity index (χ1v) is 23.6. The van der Waals surface area contributed by atoms with Gasteiger partial charge in [0.1, 0.15) is 30.5 Å². The van der Waals surface area contributed by atoms with E-state index < -0.39 is 65.6 Å². The molecule has 4 fully saturated rings. The third-order valence-electron chi connectivity index (χ3n) is 13.3. The van der Waals surface area contributed by atoms with Crippen molar-refractivity contribution in [2.24, 2.45) is 17.8 Å². The third-order valence-corrected chi connectivity index (χ3v) is 15.1. The average Bonchev–Trinajstić information content (AvgIpc) is 3.88. The lowest BCUT2D eigenvalue weighted by Gasteiger charge is -2.42. The van der Waals surface area contributed by atoms with Gasteiger partial charge >= 0.3 is 12.1 Å². The van der Waals surface area contributed by atoms with Crippen molar-refractivity contribution in [2.45, 2.75) is 126 Å². The van der Waals surface area contributed by atoms with Gasteiger partial charge in [0, 0.05) is 59.0 Å². The Kier molecular flexibility index (Phi) is 16.3.